The average Bonchev–Trinajstić information content (AvgIpc) is 2.67. The quantitative estimate of drug-likeness (QED) is 0.912. The van der Waals surface area contributed by atoms with Gasteiger partial charge in [0.25, 0.3) is 0 Å². The molecule has 0 fully saturated rings. The van der Waals surface area contributed by atoms with Crippen LogP contribution in [-0.2, 0) is 17.2 Å². The Labute approximate surface area is 110 Å². The highest BCUT2D eigenvalue weighted by Crippen LogP contribution is 2.32. The monoisotopic (exact) mass is 271 g/mol. The molecule has 3 atom stereocenters. The van der Waals surface area contributed by atoms with E-state index in [0.29, 0.717) is 6.04 Å². The van der Waals surface area contributed by atoms with Gasteiger partial charge in [-0.05, 0) is 43.0 Å². The van der Waals surface area contributed by atoms with E-state index in [-0.39, 0.29) is 5.25 Å². The predicted molar refractivity (Wildman–Crippen MR) is 74.0 cm³/mol. The lowest BCUT2D eigenvalue weighted by Crippen LogP contribution is -2.30. The molecule has 0 saturated carbocycles. The molecule has 0 bridgehead atoms. The van der Waals surface area contributed by atoms with Crippen LogP contribution < -0.4 is 5.32 Å². The summed E-state index contributed by atoms with van der Waals surface area (Å²) >= 11 is 5.98. The largest absolute Gasteiger partial charge is 0.309 e. The van der Waals surface area contributed by atoms with Crippen LogP contribution in [0, 0.1) is 0 Å². The van der Waals surface area contributed by atoms with Gasteiger partial charge in [0.15, 0.2) is 0 Å². The molecule has 1 aliphatic rings. The number of nitrogens with one attached hydrogen (secondary N) is 1. The normalized spacial score (nSPS) is 22.2. The third-order valence-electron chi connectivity index (χ3n) is 3.40. The first-order valence-corrected chi connectivity index (χ1v) is 7.92. The van der Waals surface area contributed by atoms with E-state index >= 15 is 0 Å². The van der Waals surface area contributed by atoms with E-state index < -0.39 is 10.8 Å². The molecule has 1 aromatic rings. The van der Waals surface area contributed by atoms with Crippen molar-refractivity contribution in [3.63, 3.8) is 0 Å². The topological polar surface area (TPSA) is 29.1 Å². The van der Waals surface area contributed by atoms with Crippen LogP contribution in [0.3, 0.4) is 0 Å². The molecule has 0 heterocycles. The lowest BCUT2D eigenvalue weighted by Gasteiger charge is -2.16. The minimum atomic E-state index is -0.755. The van der Waals surface area contributed by atoms with E-state index in [2.05, 4.69) is 17.4 Å². The zero-order valence-corrected chi connectivity index (χ0v) is 11.8. The van der Waals surface area contributed by atoms with Crippen LogP contribution in [0.2, 0.25) is 5.02 Å². The minimum absolute atomic E-state index is 0.200. The Balaban J connectivity index is 2.00. The van der Waals surface area contributed by atoms with Crippen molar-refractivity contribution in [2.75, 3.05) is 12.8 Å². The number of benzene rings is 1. The molecule has 0 spiro atoms. The van der Waals surface area contributed by atoms with Gasteiger partial charge in [0.1, 0.15) is 0 Å². The van der Waals surface area contributed by atoms with Gasteiger partial charge < -0.3 is 5.32 Å². The fraction of sp³-hybridized carbons (Fsp3) is 0.538. The molecule has 3 unspecified atom stereocenters. The Kier molecular flexibility index (Phi) is 4.23. The summed E-state index contributed by atoms with van der Waals surface area (Å²) in [5.74, 6) is 0. The molecule has 0 aliphatic heterocycles. The molecule has 4 heteroatoms. The highest BCUT2D eigenvalue weighted by Gasteiger charge is 2.22. The Morgan fingerprint density at radius 3 is 3.06 bits per heavy atom. The van der Waals surface area contributed by atoms with Gasteiger partial charge in [-0.15, -0.1) is 0 Å². The van der Waals surface area contributed by atoms with Crippen LogP contribution in [0.25, 0.3) is 0 Å². The molecular formula is C13H18ClNOS. The zero-order valence-electron chi connectivity index (χ0n) is 10.2. The summed E-state index contributed by atoms with van der Waals surface area (Å²) < 4.78 is 11.3. The predicted octanol–water partition coefficient (Wildman–Crippen LogP) is 2.68. The number of hydrogen-bond donors (Lipinski definition) is 1. The first-order chi connectivity index (χ1) is 8.08. The van der Waals surface area contributed by atoms with Crippen molar-refractivity contribution in [1.82, 2.24) is 5.32 Å². The third kappa shape index (κ3) is 3.09. The standard InChI is InChI=1S/C13H18ClNOS/c1-9(17(2)16)8-15-13-6-3-10-7-11(14)4-5-12(10)13/h4-5,7,9,13,15H,3,6,8H2,1-2H3. The highest BCUT2D eigenvalue weighted by atomic mass is 35.5. The van der Waals surface area contributed by atoms with Crippen LogP contribution in [0.1, 0.15) is 30.5 Å². The summed E-state index contributed by atoms with van der Waals surface area (Å²) in [4.78, 5) is 0. The van der Waals surface area contributed by atoms with Crippen LogP contribution in [-0.4, -0.2) is 22.3 Å². The SMILES string of the molecule is CC(CNC1CCc2cc(Cl)ccc21)S(C)=O. The van der Waals surface area contributed by atoms with Gasteiger partial charge in [0.2, 0.25) is 0 Å². The summed E-state index contributed by atoms with van der Waals surface area (Å²) in [5, 5.41) is 4.51. The zero-order chi connectivity index (χ0) is 12.4. The molecule has 2 nitrogen and oxygen atoms in total. The van der Waals surface area contributed by atoms with Crippen LogP contribution in [0.5, 0.6) is 0 Å². The minimum Gasteiger partial charge on any atom is -0.309 e. The molecule has 1 aromatic carbocycles. The molecule has 94 valence electrons. The van der Waals surface area contributed by atoms with Crippen LogP contribution in [0.15, 0.2) is 18.2 Å². The molecule has 0 radical (unpaired) electrons. The van der Waals surface area contributed by atoms with Gasteiger partial charge >= 0.3 is 0 Å². The van der Waals surface area contributed by atoms with E-state index in [4.69, 9.17) is 11.6 Å². The van der Waals surface area contributed by atoms with Gasteiger partial charge in [-0.1, -0.05) is 17.7 Å². The van der Waals surface area contributed by atoms with Crippen molar-refractivity contribution >= 4 is 22.4 Å². The fourth-order valence-corrected chi connectivity index (χ4v) is 2.75. The summed E-state index contributed by atoms with van der Waals surface area (Å²) in [6.07, 6.45) is 3.95. The Hall–Kier alpha value is -0.380. The van der Waals surface area contributed by atoms with E-state index in [1.807, 2.05) is 13.0 Å². The number of fused-ring (bicyclic) bond motifs is 1. The Bertz CT molecular complexity index is 435. The molecule has 0 amide bonds. The summed E-state index contributed by atoms with van der Waals surface area (Å²) in [6, 6.07) is 6.51. The Morgan fingerprint density at radius 2 is 2.35 bits per heavy atom. The summed E-state index contributed by atoms with van der Waals surface area (Å²) in [5.41, 5.74) is 2.70. The van der Waals surface area contributed by atoms with E-state index in [9.17, 15) is 4.21 Å². The van der Waals surface area contributed by atoms with E-state index in [1.165, 1.54) is 11.1 Å². The maximum atomic E-state index is 11.3. The first-order valence-electron chi connectivity index (χ1n) is 5.92. The third-order valence-corrected chi connectivity index (χ3v) is 4.94. The number of rotatable bonds is 4. The molecule has 2 rings (SSSR count). The highest BCUT2D eigenvalue weighted by molar-refractivity contribution is 7.84. The van der Waals surface area contributed by atoms with E-state index in [0.717, 1.165) is 24.4 Å². The second kappa shape index (κ2) is 5.51. The van der Waals surface area contributed by atoms with Gasteiger partial charge in [0, 0.05) is 39.9 Å². The van der Waals surface area contributed by atoms with E-state index in [1.54, 1.807) is 6.26 Å². The number of hydrogen-bond acceptors (Lipinski definition) is 2. The van der Waals surface area contributed by atoms with Crippen molar-refractivity contribution in [3.8, 4) is 0 Å². The van der Waals surface area contributed by atoms with Gasteiger partial charge in [-0.2, -0.15) is 0 Å². The van der Waals surface area contributed by atoms with Crippen molar-refractivity contribution in [2.45, 2.75) is 31.1 Å². The Morgan fingerprint density at radius 1 is 1.59 bits per heavy atom. The first kappa shape index (κ1) is 13.1. The van der Waals surface area contributed by atoms with Crippen LogP contribution in [0.4, 0.5) is 0 Å². The lowest BCUT2D eigenvalue weighted by atomic mass is 10.1. The smallest absolute Gasteiger partial charge is 0.0441 e. The maximum absolute atomic E-state index is 11.3. The maximum Gasteiger partial charge on any atom is 0.0441 e. The summed E-state index contributed by atoms with van der Waals surface area (Å²) in [7, 11) is -0.755. The molecular weight excluding hydrogens is 254 g/mol. The van der Waals surface area contributed by atoms with Crippen molar-refractivity contribution in [2.24, 2.45) is 0 Å². The van der Waals surface area contributed by atoms with Crippen molar-refractivity contribution in [1.29, 1.82) is 0 Å². The molecule has 1 aliphatic carbocycles. The fourth-order valence-electron chi connectivity index (χ4n) is 2.22. The van der Waals surface area contributed by atoms with Crippen LogP contribution >= 0.6 is 11.6 Å². The van der Waals surface area contributed by atoms with Gasteiger partial charge in [0.05, 0.1) is 0 Å². The second-order valence-electron chi connectivity index (χ2n) is 4.65. The average molecular weight is 272 g/mol. The number of halogens is 1. The second-order valence-corrected chi connectivity index (χ2v) is 6.89. The van der Waals surface area contributed by atoms with Crippen molar-refractivity contribution < 1.29 is 4.21 Å². The summed E-state index contributed by atoms with van der Waals surface area (Å²) in [6.45, 7) is 2.82. The van der Waals surface area contributed by atoms with Crippen molar-refractivity contribution in [3.05, 3.63) is 34.3 Å². The van der Waals surface area contributed by atoms with Gasteiger partial charge in [-0.25, -0.2) is 0 Å². The lowest BCUT2D eigenvalue weighted by molar-refractivity contribution is 0.529. The number of aryl methyl sites for hydroxylation is 1. The molecule has 0 saturated heterocycles. The van der Waals surface area contributed by atoms with Gasteiger partial charge in [-0.3, -0.25) is 4.21 Å². The molecule has 1 N–H and O–H groups in total. The molecule has 0 aromatic heterocycles. The molecule has 17 heavy (non-hydrogen) atoms.